The summed E-state index contributed by atoms with van der Waals surface area (Å²) in [5, 5.41) is 18.8. The van der Waals surface area contributed by atoms with Crippen LogP contribution in [0.2, 0.25) is 0 Å². The topological polar surface area (TPSA) is 76.0 Å². The van der Waals surface area contributed by atoms with E-state index >= 15 is 0 Å². The van der Waals surface area contributed by atoms with Crippen LogP contribution in [-0.2, 0) is 4.74 Å². The largest absolute Gasteiger partial charge is 0.508 e. The van der Waals surface area contributed by atoms with Crippen molar-refractivity contribution < 1.29 is 24.5 Å². The van der Waals surface area contributed by atoms with Gasteiger partial charge in [0, 0.05) is 0 Å². The molecule has 0 radical (unpaired) electrons. The van der Waals surface area contributed by atoms with Crippen LogP contribution in [0, 0.1) is 0 Å². The Kier molecular flexibility index (Phi) is 4.44. The van der Waals surface area contributed by atoms with Gasteiger partial charge in [0.15, 0.2) is 0 Å². The average Bonchev–Trinajstić information content (AvgIpc) is 2.47. The number of hydrogen-bond donors (Lipinski definition) is 2. The maximum Gasteiger partial charge on any atom is 0.342 e. The molecular formula is C15H14O5. The monoisotopic (exact) mass is 274 g/mol. The smallest absolute Gasteiger partial charge is 0.342 e. The van der Waals surface area contributed by atoms with Gasteiger partial charge in [-0.3, -0.25) is 0 Å². The molecular weight excluding hydrogens is 260 g/mol. The molecule has 0 aliphatic rings. The zero-order valence-electron chi connectivity index (χ0n) is 10.7. The van der Waals surface area contributed by atoms with Gasteiger partial charge in [0.2, 0.25) is 0 Å². The molecule has 2 aromatic carbocycles. The van der Waals surface area contributed by atoms with E-state index in [1.807, 2.05) is 18.2 Å². The summed E-state index contributed by atoms with van der Waals surface area (Å²) in [5.41, 5.74) is -0.0790. The zero-order chi connectivity index (χ0) is 14.4. The summed E-state index contributed by atoms with van der Waals surface area (Å²) >= 11 is 0. The lowest BCUT2D eigenvalue weighted by molar-refractivity contribution is 0.0447. The van der Waals surface area contributed by atoms with Crippen LogP contribution in [0.5, 0.6) is 17.2 Å². The second-order valence-electron chi connectivity index (χ2n) is 4.00. The Hall–Kier alpha value is -2.69. The van der Waals surface area contributed by atoms with Gasteiger partial charge in [-0.1, -0.05) is 18.2 Å². The maximum atomic E-state index is 11.7. The van der Waals surface area contributed by atoms with Gasteiger partial charge in [-0.2, -0.15) is 0 Å². The number of ether oxygens (including phenoxy) is 2. The molecule has 0 fully saturated rings. The molecule has 2 N–H and O–H groups in total. The second kappa shape index (κ2) is 6.47. The third-order valence-corrected chi connectivity index (χ3v) is 2.53. The molecule has 0 aliphatic carbocycles. The molecule has 0 heterocycles. The highest BCUT2D eigenvalue weighted by molar-refractivity contribution is 5.92. The standard InChI is InChI=1S/C15H14O5/c16-11-6-7-14(17)13(10-11)15(18)20-9-8-19-12-4-2-1-3-5-12/h1-7,10,16-17H,8-9H2. The number of para-hydroxylation sites is 1. The van der Waals surface area contributed by atoms with E-state index in [0.717, 1.165) is 6.07 Å². The first-order valence-electron chi connectivity index (χ1n) is 6.04. The van der Waals surface area contributed by atoms with Crippen molar-refractivity contribution in [2.24, 2.45) is 0 Å². The summed E-state index contributed by atoms with van der Waals surface area (Å²) in [6.45, 7) is 0.248. The molecule has 0 atom stereocenters. The number of phenolic OH excluding ortho intramolecular Hbond substituents is 2. The van der Waals surface area contributed by atoms with E-state index < -0.39 is 5.97 Å². The van der Waals surface area contributed by atoms with Crippen LogP contribution in [0.1, 0.15) is 10.4 Å². The lowest BCUT2D eigenvalue weighted by Crippen LogP contribution is -2.12. The Morgan fingerprint density at radius 1 is 1.00 bits per heavy atom. The molecule has 0 unspecified atom stereocenters. The second-order valence-corrected chi connectivity index (χ2v) is 4.00. The molecule has 2 rings (SSSR count). The molecule has 104 valence electrons. The highest BCUT2D eigenvalue weighted by Crippen LogP contribution is 2.22. The van der Waals surface area contributed by atoms with Crippen LogP contribution in [0.15, 0.2) is 48.5 Å². The van der Waals surface area contributed by atoms with Gasteiger partial charge in [0.25, 0.3) is 0 Å². The van der Waals surface area contributed by atoms with Crippen LogP contribution in [0.3, 0.4) is 0 Å². The Morgan fingerprint density at radius 3 is 2.50 bits per heavy atom. The summed E-state index contributed by atoms with van der Waals surface area (Å²) in [6.07, 6.45) is 0. The minimum Gasteiger partial charge on any atom is -0.508 e. The van der Waals surface area contributed by atoms with Gasteiger partial charge in [0.05, 0.1) is 0 Å². The van der Waals surface area contributed by atoms with Crippen molar-refractivity contribution in [1.29, 1.82) is 0 Å². The van der Waals surface area contributed by atoms with Crippen LogP contribution < -0.4 is 4.74 Å². The lowest BCUT2D eigenvalue weighted by atomic mass is 10.2. The number of phenols is 2. The molecule has 0 spiro atoms. The lowest BCUT2D eigenvalue weighted by Gasteiger charge is -2.08. The van der Waals surface area contributed by atoms with E-state index in [4.69, 9.17) is 9.47 Å². The molecule has 0 aliphatic heterocycles. The van der Waals surface area contributed by atoms with Gasteiger partial charge < -0.3 is 19.7 Å². The average molecular weight is 274 g/mol. The van der Waals surface area contributed by atoms with Crippen molar-refractivity contribution >= 4 is 5.97 Å². The number of esters is 1. The van der Waals surface area contributed by atoms with E-state index in [1.165, 1.54) is 12.1 Å². The highest BCUT2D eigenvalue weighted by Gasteiger charge is 2.13. The van der Waals surface area contributed by atoms with Gasteiger partial charge >= 0.3 is 5.97 Å². The first-order chi connectivity index (χ1) is 9.66. The van der Waals surface area contributed by atoms with E-state index in [0.29, 0.717) is 5.75 Å². The molecule has 0 amide bonds. The Balaban J connectivity index is 1.82. The number of carbonyl (C=O) groups excluding carboxylic acids is 1. The summed E-state index contributed by atoms with van der Waals surface area (Å²) < 4.78 is 10.3. The Morgan fingerprint density at radius 2 is 1.75 bits per heavy atom. The molecule has 5 heteroatoms. The number of benzene rings is 2. The predicted octanol–water partition coefficient (Wildman–Crippen LogP) is 2.33. The molecule has 20 heavy (non-hydrogen) atoms. The van der Waals surface area contributed by atoms with Crippen LogP contribution >= 0.6 is 0 Å². The summed E-state index contributed by atoms with van der Waals surface area (Å²) in [5.74, 6) is -0.383. The fourth-order valence-electron chi connectivity index (χ4n) is 1.58. The highest BCUT2D eigenvalue weighted by atomic mass is 16.6. The van der Waals surface area contributed by atoms with Crippen molar-refractivity contribution in [3.05, 3.63) is 54.1 Å². The molecule has 0 saturated heterocycles. The van der Waals surface area contributed by atoms with Gasteiger partial charge in [-0.15, -0.1) is 0 Å². The number of rotatable bonds is 5. The minimum atomic E-state index is -0.713. The van der Waals surface area contributed by atoms with Gasteiger partial charge in [-0.25, -0.2) is 4.79 Å². The first kappa shape index (κ1) is 13.7. The van der Waals surface area contributed by atoms with Gasteiger partial charge in [-0.05, 0) is 30.3 Å². The Bertz CT molecular complexity index is 580. The predicted molar refractivity (Wildman–Crippen MR) is 72.0 cm³/mol. The normalized spacial score (nSPS) is 10.0. The van der Waals surface area contributed by atoms with Crippen molar-refractivity contribution in [2.75, 3.05) is 13.2 Å². The third kappa shape index (κ3) is 3.65. The molecule has 0 saturated carbocycles. The SMILES string of the molecule is O=C(OCCOc1ccccc1)c1cc(O)ccc1O. The van der Waals surface area contributed by atoms with E-state index in [9.17, 15) is 15.0 Å². The van der Waals surface area contributed by atoms with Crippen LogP contribution in [0.25, 0.3) is 0 Å². The maximum absolute atomic E-state index is 11.7. The summed E-state index contributed by atoms with van der Waals surface area (Å²) in [7, 11) is 0. The molecule has 5 nitrogen and oxygen atoms in total. The quantitative estimate of drug-likeness (QED) is 0.497. The summed E-state index contributed by atoms with van der Waals surface area (Å²) in [4.78, 5) is 11.7. The van der Waals surface area contributed by atoms with Crippen molar-refractivity contribution in [2.45, 2.75) is 0 Å². The van der Waals surface area contributed by atoms with Gasteiger partial charge in [0.1, 0.15) is 36.0 Å². The van der Waals surface area contributed by atoms with Crippen molar-refractivity contribution in [1.82, 2.24) is 0 Å². The van der Waals surface area contributed by atoms with E-state index in [1.54, 1.807) is 12.1 Å². The van der Waals surface area contributed by atoms with Crippen LogP contribution in [-0.4, -0.2) is 29.4 Å². The van der Waals surface area contributed by atoms with Crippen LogP contribution in [0.4, 0.5) is 0 Å². The molecule has 2 aromatic rings. The number of carbonyl (C=O) groups is 1. The zero-order valence-corrected chi connectivity index (χ0v) is 10.7. The fraction of sp³-hybridized carbons (Fsp3) is 0.133. The fourth-order valence-corrected chi connectivity index (χ4v) is 1.58. The molecule has 0 aromatic heterocycles. The van der Waals surface area contributed by atoms with Crippen molar-refractivity contribution in [3.8, 4) is 17.2 Å². The van der Waals surface area contributed by atoms with E-state index in [-0.39, 0.29) is 30.3 Å². The summed E-state index contributed by atoms with van der Waals surface area (Å²) in [6, 6.07) is 12.8. The number of aromatic hydroxyl groups is 2. The number of hydrogen-bond acceptors (Lipinski definition) is 5. The Labute approximate surface area is 116 Å². The van der Waals surface area contributed by atoms with Crippen molar-refractivity contribution in [3.63, 3.8) is 0 Å². The molecule has 0 bridgehead atoms. The first-order valence-corrected chi connectivity index (χ1v) is 6.04. The third-order valence-electron chi connectivity index (χ3n) is 2.53. The van der Waals surface area contributed by atoms with E-state index in [2.05, 4.69) is 0 Å². The minimum absolute atomic E-state index is 0.0445.